The van der Waals surface area contributed by atoms with E-state index in [2.05, 4.69) is 16.0 Å². The predicted octanol–water partition coefficient (Wildman–Crippen LogP) is 6.71. The molecule has 0 aromatic heterocycles. The van der Waals surface area contributed by atoms with Crippen molar-refractivity contribution in [3.05, 3.63) is 48.5 Å². The Hall–Kier alpha value is -2.24. The van der Waals surface area contributed by atoms with E-state index in [1.54, 1.807) is 12.1 Å². The molecule has 1 amide bonds. The molecule has 0 aliphatic rings. The summed E-state index contributed by atoms with van der Waals surface area (Å²) in [7, 11) is 1.88. The molecular weight excluding hydrogens is 401 g/mol. The number of anilines is 4. The summed E-state index contributed by atoms with van der Waals surface area (Å²) in [6.45, 7) is 9.39. The monoisotopic (exact) mass is 440 g/mol. The number of Topliss-reactive ketones (excluding diaryl/α,β-unsaturated/α-hetero) is 1. The molecule has 5 nitrogen and oxygen atoms in total. The molecule has 6 heteroatoms. The molecule has 2 rings (SSSR count). The van der Waals surface area contributed by atoms with E-state index in [9.17, 15) is 9.59 Å². The summed E-state index contributed by atoms with van der Waals surface area (Å²) in [5.41, 5.74) is 3.62. The van der Waals surface area contributed by atoms with Gasteiger partial charge in [0.25, 0.3) is 0 Å². The fourth-order valence-electron chi connectivity index (χ4n) is 1.96. The number of nitrogens with one attached hydrogen (secondary N) is 3. The van der Waals surface area contributed by atoms with Gasteiger partial charge in [0.15, 0.2) is 0 Å². The Morgan fingerprint density at radius 3 is 1.41 bits per heavy atom. The summed E-state index contributed by atoms with van der Waals surface area (Å²) in [6, 6.07) is 15.3. The summed E-state index contributed by atoms with van der Waals surface area (Å²) >= 11 is 0. The van der Waals surface area contributed by atoms with Crippen molar-refractivity contribution < 1.29 is 28.1 Å². The zero-order valence-corrected chi connectivity index (χ0v) is 18.5. The predicted molar refractivity (Wildman–Crippen MR) is 126 cm³/mol. The second-order valence-electron chi connectivity index (χ2n) is 4.96. The standard InChI is InChI=1S/C17H19N3O2.2C2H6.2CH4.V/c1-12(21)11-17(22)20-16-9-7-15(8-10-16)19-14-5-3-13(18-2)4-6-14;2*1-2;;;/h3-10,18-19H,11H2,1-2H3,(H,20,22);2*1-2H3;2*1H4;. The Kier molecular flexibility index (Phi) is 24.2. The van der Waals surface area contributed by atoms with E-state index in [-0.39, 0.29) is 51.5 Å². The summed E-state index contributed by atoms with van der Waals surface area (Å²) in [5, 5.41) is 9.02. The van der Waals surface area contributed by atoms with Crippen LogP contribution in [0.25, 0.3) is 0 Å². The molecule has 29 heavy (non-hydrogen) atoms. The minimum absolute atomic E-state index is 0. The maximum Gasteiger partial charge on any atom is 0.231 e. The van der Waals surface area contributed by atoms with Crippen molar-refractivity contribution in [2.45, 2.75) is 55.9 Å². The van der Waals surface area contributed by atoms with Crippen LogP contribution in [0.1, 0.15) is 55.9 Å². The molecule has 0 aliphatic heterocycles. The van der Waals surface area contributed by atoms with Crippen molar-refractivity contribution in [2.24, 2.45) is 0 Å². The van der Waals surface area contributed by atoms with Gasteiger partial charge in [-0.25, -0.2) is 0 Å². The molecule has 0 atom stereocenters. The van der Waals surface area contributed by atoms with E-state index in [1.165, 1.54) is 6.92 Å². The Morgan fingerprint density at radius 1 is 0.724 bits per heavy atom. The van der Waals surface area contributed by atoms with Crippen molar-refractivity contribution in [1.82, 2.24) is 0 Å². The molecule has 0 saturated carbocycles. The van der Waals surface area contributed by atoms with Crippen LogP contribution in [0, 0.1) is 0 Å². The van der Waals surface area contributed by atoms with E-state index < -0.39 is 0 Å². The minimum atomic E-state index is -0.295. The zero-order valence-electron chi connectivity index (χ0n) is 17.1. The molecule has 1 radical (unpaired) electrons. The molecule has 3 N–H and O–H groups in total. The van der Waals surface area contributed by atoms with E-state index in [1.807, 2.05) is 71.1 Å². The van der Waals surface area contributed by atoms with Gasteiger partial charge in [-0.15, -0.1) is 0 Å². The van der Waals surface area contributed by atoms with Gasteiger partial charge in [0.1, 0.15) is 5.78 Å². The topological polar surface area (TPSA) is 70.2 Å². The van der Waals surface area contributed by atoms with E-state index >= 15 is 0 Å². The van der Waals surface area contributed by atoms with Gasteiger partial charge >= 0.3 is 0 Å². The summed E-state index contributed by atoms with van der Waals surface area (Å²) in [5.74, 6) is -0.448. The van der Waals surface area contributed by atoms with Crippen LogP contribution >= 0.6 is 0 Å². The molecule has 0 saturated heterocycles. The molecule has 0 heterocycles. The normalized spacial score (nSPS) is 7.93. The average Bonchev–Trinajstić information content (AvgIpc) is 2.66. The zero-order chi connectivity index (χ0) is 19.9. The average molecular weight is 441 g/mol. The number of rotatable bonds is 6. The number of carbonyl (C=O) groups is 2. The largest absolute Gasteiger partial charge is 0.388 e. The van der Waals surface area contributed by atoms with Crippen molar-refractivity contribution in [1.29, 1.82) is 0 Å². The second-order valence-corrected chi connectivity index (χ2v) is 4.96. The fourth-order valence-corrected chi connectivity index (χ4v) is 1.96. The SMILES string of the molecule is C.C.CC.CC.CNc1ccc(Nc2ccc(NC(=O)CC(C)=O)cc2)cc1.[V]. The first-order valence-corrected chi connectivity index (χ1v) is 9.01. The van der Waals surface area contributed by atoms with Crippen LogP contribution in [-0.4, -0.2) is 18.7 Å². The van der Waals surface area contributed by atoms with Gasteiger partial charge in [0.05, 0.1) is 6.42 Å². The van der Waals surface area contributed by atoms with Gasteiger partial charge in [-0.2, -0.15) is 0 Å². The number of hydrogen-bond acceptors (Lipinski definition) is 4. The van der Waals surface area contributed by atoms with Crippen LogP contribution in [0.4, 0.5) is 22.7 Å². The smallest absolute Gasteiger partial charge is 0.231 e. The quantitative estimate of drug-likeness (QED) is 0.437. The molecule has 0 aliphatic carbocycles. The molecule has 0 bridgehead atoms. The number of carbonyl (C=O) groups excluding carboxylic acids is 2. The molecule has 0 spiro atoms. The number of ketones is 1. The maximum atomic E-state index is 11.5. The van der Waals surface area contributed by atoms with Crippen LogP contribution in [0.3, 0.4) is 0 Å². The molecule has 163 valence electrons. The molecular formula is C23H39N3O2V. The summed E-state index contributed by atoms with van der Waals surface area (Å²) < 4.78 is 0. The van der Waals surface area contributed by atoms with Gasteiger partial charge in [-0.1, -0.05) is 42.5 Å². The third kappa shape index (κ3) is 14.4. The van der Waals surface area contributed by atoms with Crippen molar-refractivity contribution in [2.75, 3.05) is 23.0 Å². The van der Waals surface area contributed by atoms with Crippen LogP contribution in [0.15, 0.2) is 48.5 Å². The molecule has 0 unspecified atom stereocenters. The Balaban J connectivity index is -0.000000420. The van der Waals surface area contributed by atoms with E-state index in [4.69, 9.17) is 0 Å². The number of hydrogen-bond donors (Lipinski definition) is 3. The van der Waals surface area contributed by atoms with Gasteiger partial charge in [-0.05, 0) is 55.5 Å². The summed E-state index contributed by atoms with van der Waals surface area (Å²) in [4.78, 5) is 22.4. The first kappa shape index (κ1) is 34.3. The van der Waals surface area contributed by atoms with Gasteiger partial charge in [0, 0.05) is 48.4 Å². The Morgan fingerprint density at radius 2 is 1.07 bits per heavy atom. The summed E-state index contributed by atoms with van der Waals surface area (Å²) in [6.07, 6.45) is -0.0994. The van der Waals surface area contributed by atoms with Crippen LogP contribution in [0.2, 0.25) is 0 Å². The third-order valence-electron chi connectivity index (χ3n) is 3.04. The molecule has 0 fully saturated rings. The van der Waals surface area contributed by atoms with E-state index in [0.717, 1.165) is 17.1 Å². The van der Waals surface area contributed by atoms with Crippen LogP contribution in [-0.2, 0) is 28.1 Å². The van der Waals surface area contributed by atoms with Gasteiger partial charge in [-0.3, -0.25) is 9.59 Å². The van der Waals surface area contributed by atoms with Gasteiger partial charge < -0.3 is 16.0 Å². The molecule has 2 aromatic carbocycles. The van der Waals surface area contributed by atoms with Crippen LogP contribution < -0.4 is 16.0 Å². The Labute approximate surface area is 190 Å². The van der Waals surface area contributed by atoms with Crippen molar-refractivity contribution >= 4 is 34.4 Å². The van der Waals surface area contributed by atoms with Crippen LogP contribution in [0.5, 0.6) is 0 Å². The Bertz CT molecular complexity index is 657. The first-order chi connectivity index (χ1) is 12.6. The molecule has 2 aromatic rings. The van der Waals surface area contributed by atoms with E-state index in [0.29, 0.717) is 5.69 Å². The maximum absolute atomic E-state index is 11.5. The second kappa shape index (κ2) is 20.5. The minimum Gasteiger partial charge on any atom is -0.388 e. The van der Waals surface area contributed by atoms with Gasteiger partial charge in [0.2, 0.25) is 5.91 Å². The van der Waals surface area contributed by atoms with Crippen molar-refractivity contribution in [3.63, 3.8) is 0 Å². The first-order valence-electron chi connectivity index (χ1n) is 9.01. The number of benzene rings is 2. The fraction of sp³-hybridized carbons (Fsp3) is 0.391. The third-order valence-corrected chi connectivity index (χ3v) is 3.04. The number of amides is 1. The van der Waals surface area contributed by atoms with Crippen molar-refractivity contribution in [3.8, 4) is 0 Å².